The summed E-state index contributed by atoms with van der Waals surface area (Å²) in [6.07, 6.45) is 3.03. The lowest BCUT2D eigenvalue weighted by molar-refractivity contribution is -0.139. The fraction of sp³-hybridized carbons (Fsp3) is 0.227. The van der Waals surface area contributed by atoms with Crippen LogP contribution < -0.4 is 9.47 Å². The van der Waals surface area contributed by atoms with E-state index in [9.17, 15) is 10.1 Å². The van der Waals surface area contributed by atoms with Gasteiger partial charge in [0.2, 0.25) is 5.88 Å². The molecule has 0 atom stereocenters. The van der Waals surface area contributed by atoms with Crippen molar-refractivity contribution in [1.82, 2.24) is 9.38 Å². The number of esters is 1. The molecular formula is C22H21N3O4. The maximum absolute atomic E-state index is 12.5. The second-order valence-electron chi connectivity index (χ2n) is 6.47. The fourth-order valence-corrected chi connectivity index (χ4v) is 2.72. The van der Waals surface area contributed by atoms with E-state index in [2.05, 4.69) is 4.98 Å². The summed E-state index contributed by atoms with van der Waals surface area (Å²) < 4.78 is 18.1. The molecule has 7 heteroatoms. The quantitative estimate of drug-likeness (QED) is 0.346. The fourth-order valence-electron chi connectivity index (χ4n) is 2.72. The van der Waals surface area contributed by atoms with Crippen molar-refractivity contribution in [2.24, 2.45) is 0 Å². The van der Waals surface area contributed by atoms with Gasteiger partial charge in [0.1, 0.15) is 23.9 Å². The number of fused-ring (bicyclic) bond motifs is 1. The highest BCUT2D eigenvalue weighted by atomic mass is 16.5. The van der Waals surface area contributed by atoms with Gasteiger partial charge in [-0.15, -0.1) is 0 Å². The molecule has 148 valence electrons. The molecule has 0 aliphatic heterocycles. The number of hydrogen-bond acceptors (Lipinski definition) is 6. The molecule has 0 N–H and O–H groups in total. The number of carbonyl (C=O) groups is 1. The van der Waals surface area contributed by atoms with Crippen LogP contribution in [0.1, 0.15) is 25.1 Å². The van der Waals surface area contributed by atoms with Crippen LogP contribution in [0.15, 0.2) is 54.2 Å². The summed E-state index contributed by atoms with van der Waals surface area (Å²) >= 11 is 0. The molecule has 0 saturated heterocycles. The van der Waals surface area contributed by atoms with Gasteiger partial charge >= 0.3 is 5.97 Å². The number of ether oxygens (including phenoxy) is 3. The molecule has 0 aliphatic carbocycles. The lowest BCUT2D eigenvalue weighted by Gasteiger charge is -2.08. The van der Waals surface area contributed by atoms with E-state index in [0.29, 0.717) is 23.0 Å². The highest BCUT2D eigenvalue weighted by Gasteiger charge is 2.19. The number of methoxy groups -OCH3 is 1. The van der Waals surface area contributed by atoms with Gasteiger partial charge < -0.3 is 14.2 Å². The van der Waals surface area contributed by atoms with E-state index >= 15 is 0 Å². The van der Waals surface area contributed by atoms with Gasteiger partial charge in [0.25, 0.3) is 0 Å². The maximum Gasteiger partial charge on any atom is 0.349 e. The molecule has 3 aromatic rings. The van der Waals surface area contributed by atoms with Gasteiger partial charge in [0.05, 0.1) is 13.2 Å². The smallest absolute Gasteiger partial charge is 0.349 e. The zero-order chi connectivity index (χ0) is 20.8. The summed E-state index contributed by atoms with van der Waals surface area (Å²) in [7, 11) is 1.55. The van der Waals surface area contributed by atoms with Gasteiger partial charge in [-0.2, -0.15) is 10.2 Å². The predicted octanol–water partition coefficient (Wildman–Crippen LogP) is 3.78. The highest BCUT2D eigenvalue weighted by molar-refractivity contribution is 5.98. The third kappa shape index (κ3) is 4.55. The molecule has 0 unspecified atom stereocenters. The minimum absolute atomic E-state index is 0.0784. The number of aromatic nitrogens is 2. The number of nitrogens with zero attached hydrogens (tertiary/aromatic N) is 3. The van der Waals surface area contributed by atoms with E-state index in [1.807, 2.05) is 50.2 Å². The first-order valence-electron chi connectivity index (χ1n) is 9.08. The van der Waals surface area contributed by atoms with Crippen molar-refractivity contribution in [3.05, 3.63) is 65.5 Å². The van der Waals surface area contributed by atoms with Crippen LogP contribution in [-0.4, -0.2) is 28.6 Å². The summed E-state index contributed by atoms with van der Waals surface area (Å²) in [6, 6.07) is 14.7. The maximum atomic E-state index is 12.5. The lowest BCUT2D eigenvalue weighted by Crippen LogP contribution is -2.09. The van der Waals surface area contributed by atoms with Crippen molar-refractivity contribution >= 4 is 17.7 Å². The molecule has 1 aromatic carbocycles. The Hall–Kier alpha value is -3.79. The van der Waals surface area contributed by atoms with Crippen LogP contribution >= 0.6 is 0 Å². The first-order valence-corrected chi connectivity index (χ1v) is 9.08. The first kappa shape index (κ1) is 20.0. The topological polar surface area (TPSA) is 85.9 Å². The van der Waals surface area contributed by atoms with Gasteiger partial charge in [0, 0.05) is 6.20 Å². The molecule has 7 nitrogen and oxygen atoms in total. The van der Waals surface area contributed by atoms with Gasteiger partial charge in [0.15, 0.2) is 11.4 Å². The van der Waals surface area contributed by atoms with Crippen molar-refractivity contribution in [3.8, 4) is 17.7 Å². The third-order valence-electron chi connectivity index (χ3n) is 4.02. The van der Waals surface area contributed by atoms with E-state index in [4.69, 9.17) is 14.2 Å². The molecule has 29 heavy (non-hydrogen) atoms. The van der Waals surface area contributed by atoms with Crippen molar-refractivity contribution in [2.75, 3.05) is 7.11 Å². The standard InChI is InChI=1S/C22H21N3O4/c1-15(2)29-21-18(25-11-7-10-19(27-3)20(25)24-21)12-17(13-23)22(26)28-14-16-8-5-4-6-9-16/h4-12,15H,14H2,1-3H3. The Bertz CT molecular complexity index is 1080. The number of rotatable bonds is 7. The third-order valence-corrected chi connectivity index (χ3v) is 4.02. The molecule has 0 bridgehead atoms. The average Bonchev–Trinajstić information content (AvgIpc) is 3.07. The molecule has 2 aromatic heterocycles. The SMILES string of the molecule is COc1cccn2c(C=C(C#N)C(=O)OCc3ccccc3)c(OC(C)C)nc12. The zero-order valence-electron chi connectivity index (χ0n) is 16.5. The largest absolute Gasteiger partial charge is 0.493 e. The summed E-state index contributed by atoms with van der Waals surface area (Å²) in [5.74, 6) is 0.128. The van der Waals surface area contributed by atoms with Crippen LogP contribution in [0.2, 0.25) is 0 Å². The number of pyridine rings is 1. The molecule has 0 aliphatic rings. The van der Waals surface area contributed by atoms with Crippen molar-refractivity contribution in [3.63, 3.8) is 0 Å². The molecular weight excluding hydrogens is 370 g/mol. The minimum Gasteiger partial charge on any atom is -0.493 e. The first-order chi connectivity index (χ1) is 14.0. The van der Waals surface area contributed by atoms with Gasteiger partial charge in [-0.05, 0) is 37.6 Å². The summed E-state index contributed by atoms with van der Waals surface area (Å²) in [5.41, 5.74) is 1.66. The number of nitriles is 1. The van der Waals surface area contributed by atoms with Crippen molar-refractivity contribution in [1.29, 1.82) is 5.26 Å². The van der Waals surface area contributed by atoms with Gasteiger partial charge in [-0.25, -0.2) is 4.79 Å². The van der Waals surface area contributed by atoms with Crippen LogP contribution in [0.5, 0.6) is 11.6 Å². The Morgan fingerprint density at radius 3 is 2.66 bits per heavy atom. The number of benzene rings is 1. The molecule has 0 amide bonds. The Balaban J connectivity index is 1.97. The monoisotopic (exact) mass is 391 g/mol. The zero-order valence-corrected chi connectivity index (χ0v) is 16.5. The second-order valence-corrected chi connectivity index (χ2v) is 6.47. The summed E-state index contributed by atoms with van der Waals surface area (Å²) in [5, 5.41) is 9.52. The molecule has 0 saturated carbocycles. The van der Waals surface area contributed by atoms with Crippen molar-refractivity contribution < 1.29 is 19.0 Å². The van der Waals surface area contributed by atoms with E-state index in [-0.39, 0.29) is 18.3 Å². The molecule has 0 radical (unpaired) electrons. The van der Waals surface area contributed by atoms with Crippen LogP contribution in [0.3, 0.4) is 0 Å². The van der Waals surface area contributed by atoms with Crippen LogP contribution in [0, 0.1) is 11.3 Å². The normalized spacial score (nSPS) is 11.3. The summed E-state index contributed by atoms with van der Waals surface area (Å²) in [4.78, 5) is 16.9. The lowest BCUT2D eigenvalue weighted by atomic mass is 10.2. The van der Waals surface area contributed by atoms with E-state index < -0.39 is 5.97 Å². The van der Waals surface area contributed by atoms with Crippen molar-refractivity contribution in [2.45, 2.75) is 26.6 Å². The molecule has 0 spiro atoms. The number of hydrogen-bond donors (Lipinski definition) is 0. The Kier molecular flexibility index (Phi) is 6.15. The van der Waals surface area contributed by atoms with Crippen LogP contribution in [0.25, 0.3) is 11.7 Å². The van der Waals surface area contributed by atoms with Crippen LogP contribution in [0.4, 0.5) is 0 Å². The highest BCUT2D eigenvalue weighted by Crippen LogP contribution is 2.28. The Morgan fingerprint density at radius 1 is 1.24 bits per heavy atom. The van der Waals surface area contributed by atoms with E-state index in [1.165, 1.54) is 6.08 Å². The minimum atomic E-state index is -0.718. The van der Waals surface area contributed by atoms with Crippen LogP contribution in [-0.2, 0) is 16.1 Å². The Morgan fingerprint density at radius 2 is 2.00 bits per heavy atom. The molecule has 3 rings (SSSR count). The summed E-state index contributed by atoms with van der Waals surface area (Å²) in [6.45, 7) is 3.82. The predicted molar refractivity (Wildman–Crippen MR) is 107 cm³/mol. The molecule has 0 fully saturated rings. The van der Waals surface area contributed by atoms with Gasteiger partial charge in [-0.1, -0.05) is 30.3 Å². The second kappa shape index (κ2) is 8.93. The average molecular weight is 391 g/mol. The van der Waals surface area contributed by atoms with E-state index in [0.717, 1.165) is 5.56 Å². The Labute approximate surface area is 168 Å². The van der Waals surface area contributed by atoms with Gasteiger partial charge in [-0.3, -0.25) is 4.40 Å². The molecule has 2 heterocycles. The number of carbonyl (C=O) groups excluding carboxylic acids is 1. The number of imidazole rings is 1. The van der Waals surface area contributed by atoms with E-state index in [1.54, 1.807) is 29.8 Å².